The number of rotatable bonds is 3. The third-order valence-corrected chi connectivity index (χ3v) is 2.53. The molecule has 0 aliphatic rings. The molecule has 1 heterocycles. The summed E-state index contributed by atoms with van der Waals surface area (Å²) in [7, 11) is 1.31. The Morgan fingerprint density at radius 3 is 2.47 bits per heavy atom. The molecule has 2 rings (SSSR count). The van der Waals surface area contributed by atoms with Gasteiger partial charge in [-0.05, 0) is 31.2 Å². The van der Waals surface area contributed by atoms with Crippen LogP contribution in [0.15, 0.2) is 35.1 Å². The van der Waals surface area contributed by atoms with Gasteiger partial charge < -0.3 is 14.6 Å². The summed E-state index contributed by atoms with van der Waals surface area (Å²) in [4.78, 5) is 23.1. The van der Waals surface area contributed by atoms with Gasteiger partial charge in [0.2, 0.25) is 0 Å². The van der Waals surface area contributed by atoms with Crippen molar-refractivity contribution in [1.29, 1.82) is 0 Å². The van der Waals surface area contributed by atoms with Crippen LogP contribution in [-0.2, 0) is 4.74 Å². The van der Waals surface area contributed by atoms with E-state index in [4.69, 9.17) is 4.52 Å². The van der Waals surface area contributed by atoms with Crippen LogP contribution in [0, 0.1) is 6.92 Å². The Labute approximate surface area is 109 Å². The van der Waals surface area contributed by atoms with Gasteiger partial charge >= 0.3 is 5.97 Å². The maximum atomic E-state index is 11.8. The Hall–Kier alpha value is -2.63. The lowest BCUT2D eigenvalue weighted by molar-refractivity contribution is 0.0600. The fourth-order valence-corrected chi connectivity index (χ4v) is 1.50. The minimum absolute atomic E-state index is 0.233. The van der Waals surface area contributed by atoms with Crippen LogP contribution in [0.5, 0.6) is 0 Å². The Morgan fingerprint density at radius 2 is 1.95 bits per heavy atom. The maximum Gasteiger partial charge on any atom is 0.337 e. The third-order valence-electron chi connectivity index (χ3n) is 2.53. The fraction of sp³-hybridized carbons (Fsp3) is 0.154. The van der Waals surface area contributed by atoms with E-state index in [1.807, 2.05) is 0 Å². The second kappa shape index (κ2) is 5.34. The molecule has 1 aromatic heterocycles. The number of methoxy groups -OCH3 is 1. The van der Waals surface area contributed by atoms with E-state index < -0.39 is 5.97 Å². The van der Waals surface area contributed by atoms with E-state index in [0.717, 1.165) is 0 Å². The van der Waals surface area contributed by atoms with Gasteiger partial charge in [-0.1, -0.05) is 5.16 Å². The molecule has 0 aliphatic heterocycles. The SMILES string of the molecule is COC(=O)c1ccc(NC(=O)c2nocc2C)cc1. The topological polar surface area (TPSA) is 81.4 Å². The zero-order valence-corrected chi connectivity index (χ0v) is 10.5. The molecule has 0 fully saturated rings. The van der Waals surface area contributed by atoms with Crippen molar-refractivity contribution in [2.75, 3.05) is 12.4 Å². The number of anilines is 1. The standard InChI is InChI=1S/C13H12N2O4/c1-8-7-19-15-11(8)12(16)14-10-5-3-9(4-6-10)13(17)18-2/h3-7H,1-2H3,(H,14,16). The van der Waals surface area contributed by atoms with E-state index >= 15 is 0 Å². The summed E-state index contributed by atoms with van der Waals surface area (Å²) in [6.45, 7) is 1.73. The molecule has 0 unspecified atom stereocenters. The monoisotopic (exact) mass is 260 g/mol. The van der Waals surface area contributed by atoms with E-state index in [1.165, 1.54) is 13.4 Å². The molecule has 1 amide bonds. The van der Waals surface area contributed by atoms with Crippen molar-refractivity contribution in [3.63, 3.8) is 0 Å². The quantitative estimate of drug-likeness (QED) is 0.854. The Balaban J connectivity index is 2.10. The molecule has 0 saturated carbocycles. The molecule has 98 valence electrons. The van der Waals surface area contributed by atoms with Gasteiger partial charge in [0.05, 0.1) is 12.7 Å². The van der Waals surface area contributed by atoms with Crippen LogP contribution in [0.3, 0.4) is 0 Å². The zero-order valence-electron chi connectivity index (χ0n) is 10.5. The van der Waals surface area contributed by atoms with Gasteiger partial charge in [0, 0.05) is 11.3 Å². The van der Waals surface area contributed by atoms with Crippen molar-refractivity contribution >= 4 is 17.6 Å². The average Bonchev–Trinajstić information content (AvgIpc) is 2.85. The normalized spacial score (nSPS) is 10.0. The highest BCUT2D eigenvalue weighted by molar-refractivity contribution is 6.03. The number of carbonyl (C=O) groups excluding carboxylic acids is 2. The number of nitrogens with one attached hydrogen (secondary N) is 1. The summed E-state index contributed by atoms with van der Waals surface area (Å²) >= 11 is 0. The highest BCUT2D eigenvalue weighted by Crippen LogP contribution is 2.13. The summed E-state index contributed by atoms with van der Waals surface area (Å²) in [5, 5.41) is 6.27. The molecule has 0 spiro atoms. The van der Waals surface area contributed by atoms with Crippen molar-refractivity contribution in [3.8, 4) is 0 Å². The van der Waals surface area contributed by atoms with Gasteiger partial charge in [-0.2, -0.15) is 0 Å². The molecule has 0 saturated heterocycles. The first-order valence-corrected chi connectivity index (χ1v) is 5.52. The number of amides is 1. The van der Waals surface area contributed by atoms with E-state index in [0.29, 0.717) is 16.8 Å². The number of aryl methyl sites for hydroxylation is 1. The highest BCUT2D eigenvalue weighted by Gasteiger charge is 2.13. The minimum atomic E-state index is -0.426. The zero-order chi connectivity index (χ0) is 13.8. The number of hydrogen-bond donors (Lipinski definition) is 1. The number of hydrogen-bond acceptors (Lipinski definition) is 5. The first-order valence-electron chi connectivity index (χ1n) is 5.52. The van der Waals surface area contributed by atoms with Crippen LogP contribution in [0.4, 0.5) is 5.69 Å². The van der Waals surface area contributed by atoms with Crippen LogP contribution in [0.2, 0.25) is 0 Å². The number of ether oxygens (including phenoxy) is 1. The van der Waals surface area contributed by atoms with Gasteiger partial charge in [-0.15, -0.1) is 0 Å². The van der Waals surface area contributed by atoms with Gasteiger partial charge in [0.1, 0.15) is 6.26 Å². The smallest absolute Gasteiger partial charge is 0.337 e. The fourth-order valence-electron chi connectivity index (χ4n) is 1.50. The van der Waals surface area contributed by atoms with Crippen LogP contribution in [0.1, 0.15) is 26.4 Å². The summed E-state index contributed by atoms with van der Waals surface area (Å²) in [6, 6.07) is 6.35. The Kier molecular flexibility index (Phi) is 3.61. The first-order chi connectivity index (χ1) is 9.11. The molecule has 2 aromatic rings. The average molecular weight is 260 g/mol. The van der Waals surface area contributed by atoms with Crippen molar-refractivity contribution in [2.45, 2.75) is 6.92 Å². The molecule has 0 bridgehead atoms. The van der Waals surface area contributed by atoms with Crippen LogP contribution < -0.4 is 5.32 Å². The molecule has 0 atom stereocenters. The predicted molar refractivity (Wildman–Crippen MR) is 67.0 cm³/mol. The minimum Gasteiger partial charge on any atom is -0.465 e. The van der Waals surface area contributed by atoms with E-state index in [9.17, 15) is 9.59 Å². The van der Waals surface area contributed by atoms with Crippen molar-refractivity contribution in [3.05, 3.63) is 47.3 Å². The van der Waals surface area contributed by atoms with Crippen LogP contribution in [0.25, 0.3) is 0 Å². The Bertz CT molecular complexity index is 601. The lowest BCUT2D eigenvalue weighted by Crippen LogP contribution is -2.13. The summed E-state index contributed by atoms with van der Waals surface area (Å²) in [5.74, 6) is -0.790. The van der Waals surface area contributed by atoms with Crippen LogP contribution in [-0.4, -0.2) is 24.1 Å². The molecule has 1 N–H and O–H groups in total. The Morgan fingerprint density at radius 1 is 1.26 bits per heavy atom. The van der Waals surface area contributed by atoms with Gasteiger partial charge in [-0.25, -0.2) is 4.79 Å². The van der Waals surface area contributed by atoms with Crippen molar-refractivity contribution in [1.82, 2.24) is 5.16 Å². The number of carbonyl (C=O) groups is 2. The van der Waals surface area contributed by atoms with Gasteiger partial charge in [0.15, 0.2) is 5.69 Å². The molecular formula is C13H12N2O4. The van der Waals surface area contributed by atoms with Gasteiger partial charge in [-0.3, -0.25) is 4.79 Å². The molecular weight excluding hydrogens is 248 g/mol. The van der Waals surface area contributed by atoms with Crippen molar-refractivity contribution in [2.24, 2.45) is 0 Å². The second-order valence-corrected chi connectivity index (χ2v) is 3.87. The predicted octanol–water partition coefficient (Wildman–Crippen LogP) is 2.02. The summed E-state index contributed by atoms with van der Waals surface area (Å²) in [6.07, 6.45) is 1.40. The second-order valence-electron chi connectivity index (χ2n) is 3.87. The lowest BCUT2D eigenvalue weighted by Gasteiger charge is -2.04. The first kappa shape index (κ1) is 12.8. The number of aromatic nitrogens is 1. The molecule has 0 radical (unpaired) electrons. The molecule has 1 aromatic carbocycles. The van der Waals surface area contributed by atoms with E-state index in [1.54, 1.807) is 31.2 Å². The highest BCUT2D eigenvalue weighted by atomic mass is 16.5. The number of benzene rings is 1. The van der Waals surface area contributed by atoms with Gasteiger partial charge in [0.25, 0.3) is 5.91 Å². The lowest BCUT2D eigenvalue weighted by atomic mass is 10.2. The molecule has 19 heavy (non-hydrogen) atoms. The van der Waals surface area contributed by atoms with Crippen molar-refractivity contribution < 1.29 is 18.8 Å². The largest absolute Gasteiger partial charge is 0.465 e. The van der Waals surface area contributed by atoms with Crippen LogP contribution >= 0.6 is 0 Å². The summed E-state index contributed by atoms with van der Waals surface area (Å²) in [5.41, 5.74) is 1.86. The number of esters is 1. The maximum absolute atomic E-state index is 11.8. The summed E-state index contributed by atoms with van der Waals surface area (Å²) < 4.78 is 9.28. The third kappa shape index (κ3) is 2.79. The van der Waals surface area contributed by atoms with E-state index in [-0.39, 0.29) is 11.6 Å². The number of nitrogens with zero attached hydrogens (tertiary/aromatic N) is 1. The van der Waals surface area contributed by atoms with E-state index in [2.05, 4.69) is 15.2 Å². The molecule has 6 heteroatoms. The molecule has 0 aliphatic carbocycles. The molecule has 6 nitrogen and oxygen atoms in total.